The molecule has 35 heavy (non-hydrogen) atoms. The minimum Gasteiger partial charge on any atom is -0.463 e. The lowest BCUT2D eigenvalue weighted by atomic mass is 9.41. The zero-order chi connectivity index (χ0) is 25.5. The number of aliphatic hydroxyl groups excluding tert-OH is 1. The van der Waals surface area contributed by atoms with Gasteiger partial charge < -0.3 is 14.6 Å². The van der Waals surface area contributed by atoms with E-state index in [1.54, 1.807) is 6.92 Å². The van der Waals surface area contributed by atoms with Crippen molar-refractivity contribution >= 4 is 11.9 Å². The molecule has 5 heteroatoms. The van der Waals surface area contributed by atoms with E-state index in [2.05, 4.69) is 27.7 Å². The number of hydrogen-bond donors (Lipinski definition) is 1. The van der Waals surface area contributed by atoms with Gasteiger partial charge in [-0.3, -0.25) is 9.59 Å². The van der Waals surface area contributed by atoms with Gasteiger partial charge in [0.25, 0.3) is 0 Å². The molecular formula is C30H50O5. The Kier molecular flexibility index (Phi) is 7.96. The van der Waals surface area contributed by atoms with E-state index in [-0.39, 0.29) is 41.6 Å². The quantitative estimate of drug-likeness (QED) is 0.433. The van der Waals surface area contributed by atoms with Gasteiger partial charge in [0.15, 0.2) is 0 Å². The third-order valence-electron chi connectivity index (χ3n) is 11.6. The van der Waals surface area contributed by atoms with Crippen molar-refractivity contribution in [2.45, 2.75) is 118 Å². The van der Waals surface area contributed by atoms with Crippen molar-refractivity contribution in [3.8, 4) is 0 Å². The molecule has 200 valence electrons. The van der Waals surface area contributed by atoms with E-state index < -0.39 is 0 Å². The van der Waals surface area contributed by atoms with Crippen LogP contribution in [0.2, 0.25) is 0 Å². The van der Waals surface area contributed by atoms with Crippen LogP contribution in [-0.4, -0.2) is 35.9 Å². The number of hydrogen-bond acceptors (Lipinski definition) is 5. The third kappa shape index (κ3) is 4.68. The fourth-order valence-electron chi connectivity index (χ4n) is 10.2. The van der Waals surface area contributed by atoms with Gasteiger partial charge in [0.2, 0.25) is 0 Å². The molecule has 5 nitrogen and oxygen atoms in total. The van der Waals surface area contributed by atoms with Crippen molar-refractivity contribution in [1.82, 2.24) is 0 Å². The molecule has 0 aromatic heterocycles. The summed E-state index contributed by atoms with van der Waals surface area (Å²) in [6, 6.07) is 0. The van der Waals surface area contributed by atoms with Gasteiger partial charge in [-0.25, -0.2) is 0 Å². The summed E-state index contributed by atoms with van der Waals surface area (Å²) in [6.45, 7) is 13.1. The van der Waals surface area contributed by atoms with Crippen LogP contribution in [0, 0.1) is 52.3 Å². The molecule has 4 aliphatic rings. The summed E-state index contributed by atoms with van der Waals surface area (Å²) < 4.78 is 12.0. The standard InChI is InChI=1S/C30H50O5/c1-7-22-26-17-21(34-19(3)32)12-14-30(26,6)25-13-15-29(5)23(18(2)9-8-16-31)10-11-24(29)27(25)28(22)35-20(4)33/h18,21-28,31H,7-17H2,1-6H3/t18-,21-,22-,23?,24+,25+,26+,27+,28-,29-,30-/m1/s1. The van der Waals surface area contributed by atoms with Gasteiger partial charge in [-0.15, -0.1) is 0 Å². The van der Waals surface area contributed by atoms with Gasteiger partial charge in [0.05, 0.1) is 0 Å². The SMILES string of the molecule is CC[C@H]1[C@@H](OC(C)=O)[C@@H]2[C@H](CC[C@]3(C)C([C@H](C)CCCO)CC[C@@H]23)[C@@]2(C)CC[C@@H](OC(C)=O)C[C@@H]12. The lowest BCUT2D eigenvalue weighted by molar-refractivity contribution is -0.219. The number of fused-ring (bicyclic) bond motifs is 5. The van der Waals surface area contributed by atoms with Gasteiger partial charge >= 0.3 is 11.9 Å². The predicted octanol–water partition coefficient (Wildman–Crippen LogP) is 6.16. The molecule has 0 aliphatic heterocycles. The second-order valence-corrected chi connectivity index (χ2v) is 13.1. The van der Waals surface area contributed by atoms with E-state index in [1.807, 2.05) is 0 Å². The number of rotatable bonds is 7. The Labute approximate surface area is 213 Å². The van der Waals surface area contributed by atoms with Gasteiger partial charge in [-0.1, -0.05) is 27.7 Å². The Morgan fingerprint density at radius 1 is 0.943 bits per heavy atom. The van der Waals surface area contributed by atoms with Crippen molar-refractivity contribution in [1.29, 1.82) is 0 Å². The van der Waals surface area contributed by atoms with E-state index in [9.17, 15) is 14.7 Å². The number of ether oxygens (including phenoxy) is 2. The highest BCUT2D eigenvalue weighted by atomic mass is 16.5. The summed E-state index contributed by atoms with van der Waals surface area (Å²) in [7, 11) is 0. The fraction of sp³-hybridized carbons (Fsp3) is 0.933. The average molecular weight is 491 g/mol. The Morgan fingerprint density at radius 2 is 1.60 bits per heavy atom. The average Bonchev–Trinajstić information content (AvgIpc) is 3.15. The van der Waals surface area contributed by atoms with Crippen molar-refractivity contribution in [3.63, 3.8) is 0 Å². The first-order valence-corrected chi connectivity index (χ1v) is 14.5. The molecule has 0 heterocycles. The van der Waals surface area contributed by atoms with Gasteiger partial charge in [0.1, 0.15) is 12.2 Å². The lowest BCUT2D eigenvalue weighted by Gasteiger charge is -2.65. The molecule has 11 atom stereocenters. The molecule has 4 rings (SSSR count). The third-order valence-corrected chi connectivity index (χ3v) is 11.6. The number of carbonyl (C=O) groups is 2. The molecular weight excluding hydrogens is 440 g/mol. The second kappa shape index (κ2) is 10.3. The normalized spacial score (nSPS) is 45.6. The maximum Gasteiger partial charge on any atom is 0.302 e. The van der Waals surface area contributed by atoms with Crippen molar-refractivity contribution in [2.75, 3.05) is 6.61 Å². The van der Waals surface area contributed by atoms with Gasteiger partial charge in [0, 0.05) is 26.4 Å². The predicted molar refractivity (Wildman–Crippen MR) is 136 cm³/mol. The van der Waals surface area contributed by atoms with E-state index >= 15 is 0 Å². The number of aliphatic hydroxyl groups is 1. The van der Waals surface area contributed by atoms with E-state index in [1.165, 1.54) is 32.6 Å². The molecule has 0 aromatic carbocycles. The van der Waals surface area contributed by atoms with Crippen LogP contribution >= 0.6 is 0 Å². The van der Waals surface area contributed by atoms with Crippen molar-refractivity contribution in [3.05, 3.63) is 0 Å². The highest BCUT2D eigenvalue weighted by Crippen LogP contribution is 2.70. The molecule has 1 N–H and O–H groups in total. The van der Waals surface area contributed by atoms with Crippen LogP contribution in [0.4, 0.5) is 0 Å². The molecule has 0 saturated heterocycles. The van der Waals surface area contributed by atoms with Crippen LogP contribution in [0.1, 0.15) is 106 Å². The smallest absolute Gasteiger partial charge is 0.302 e. The zero-order valence-corrected chi connectivity index (χ0v) is 23.1. The van der Waals surface area contributed by atoms with E-state index in [0.29, 0.717) is 41.4 Å². The Hall–Kier alpha value is -1.10. The molecule has 0 spiro atoms. The first kappa shape index (κ1) is 26.9. The van der Waals surface area contributed by atoms with E-state index in [4.69, 9.17) is 9.47 Å². The second-order valence-electron chi connectivity index (χ2n) is 13.1. The van der Waals surface area contributed by atoms with Crippen molar-refractivity contribution in [2.24, 2.45) is 52.3 Å². The molecule has 1 unspecified atom stereocenters. The summed E-state index contributed by atoms with van der Waals surface area (Å²) in [4.78, 5) is 24.2. The summed E-state index contributed by atoms with van der Waals surface area (Å²) in [6.07, 6.45) is 10.8. The van der Waals surface area contributed by atoms with Crippen LogP contribution in [0.3, 0.4) is 0 Å². The van der Waals surface area contributed by atoms with Crippen LogP contribution < -0.4 is 0 Å². The van der Waals surface area contributed by atoms with Gasteiger partial charge in [-0.2, -0.15) is 0 Å². The number of carbonyl (C=O) groups excluding carboxylic acids is 2. The van der Waals surface area contributed by atoms with Gasteiger partial charge in [-0.05, 0) is 111 Å². The van der Waals surface area contributed by atoms with Crippen molar-refractivity contribution < 1.29 is 24.2 Å². The maximum atomic E-state index is 12.4. The lowest BCUT2D eigenvalue weighted by Crippen LogP contribution is -2.63. The number of esters is 2. The summed E-state index contributed by atoms with van der Waals surface area (Å²) in [5.41, 5.74) is 0.491. The molecule has 0 amide bonds. The van der Waals surface area contributed by atoms with Crippen LogP contribution in [0.25, 0.3) is 0 Å². The highest BCUT2D eigenvalue weighted by molar-refractivity contribution is 5.66. The Morgan fingerprint density at radius 3 is 2.23 bits per heavy atom. The minimum atomic E-state index is -0.183. The summed E-state index contributed by atoms with van der Waals surface area (Å²) >= 11 is 0. The topological polar surface area (TPSA) is 72.8 Å². The Bertz CT molecular complexity index is 781. The molecule has 4 aliphatic carbocycles. The largest absolute Gasteiger partial charge is 0.463 e. The molecule has 4 fully saturated rings. The van der Waals surface area contributed by atoms with Crippen LogP contribution in [-0.2, 0) is 19.1 Å². The minimum absolute atomic E-state index is 0.00811. The maximum absolute atomic E-state index is 12.4. The fourth-order valence-corrected chi connectivity index (χ4v) is 10.2. The van der Waals surface area contributed by atoms with E-state index in [0.717, 1.165) is 38.5 Å². The molecule has 0 radical (unpaired) electrons. The molecule has 0 aromatic rings. The first-order valence-electron chi connectivity index (χ1n) is 14.5. The summed E-state index contributed by atoms with van der Waals surface area (Å²) in [5, 5.41) is 9.41. The summed E-state index contributed by atoms with van der Waals surface area (Å²) in [5.74, 6) is 3.27. The Balaban J connectivity index is 1.68. The zero-order valence-electron chi connectivity index (χ0n) is 23.1. The molecule has 4 saturated carbocycles. The van der Waals surface area contributed by atoms with Crippen LogP contribution in [0.15, 0.2) is 0 Å². The monoisotopic (exact) mass is 490 g/mol. The first-order chi connectivity index (χ1) is 16.6. The molecule has 0 bridgehead atoms. The highest BCUT2D eigenvalue weighted by Gasteiger charge is 2.66. The van der Waals surface area contributed by atoms with Crippen LogP contribution in [0.5, 0.6) is 0 Å².